The smallest absolute Gasteiger partial charge is 0.259 e. The molecule has 0 fully saturated rings. The summed E-state index contributed by atoms with van der Waals surface area (Å²) in [5.74, 6) is -2.38. The fraction of sp³-hybridized carbons (Fsp3) is 0. The Morgan fingerprint density at radius 3 is 2.50 bits per heavy atom. The van der Waals surface area contributed by atoms with Crippen LogP contribution in [-0.2, 0) is 11.3 Å². The predicted octanol–water partition coefficient (Wildman–Crippen LogP) is 1.39. The maximum atomic E-state index is 12.6. The van der Waals surface area contributed by atoms with Crippen LogP contribution in [0.3, 0.4) is 0 Å². The first-order valence-corrected chi connectivity index (χ1v) is 4.42. The quantitative estimate of drug-likeness (QED) is 0.736. The maximum Gasteiger partial charge on any atom is 0.259 e. The molecule has 0 saturated heterocycles. The van der Waals surface area contributed by atoms with E-state index in [2.05, 4.69) is 0 Å². The van der Waals surface area contributed by atoms with Gasteiger partial charge in [-0.15, -0.1) is 0 Å². The zero-order valence-corrected chi connectivity index (χ0v) is 7.44. The van der Waals surface area contributed by atoms with Crippen LogP contribution in [0.5, 0.6) is 0 Å². The second-order valence-electron chi connectivity index (χ2n) is 2.27. The van der Waals surface area contributed by atoms with E-state index in [1.165, 1.54) is 0 Å². The number of nitrogens with zero attached hydrogens (tertiary/aromatic N) is 1. The van der Waals surface area contributed by atoms with Crippen molar-refractivity contribution in [1.82, 2.24) is 0 Å². The number of rotatable bonds is 2. The van der Waals surface area contributed by atoms with Gasteiger partial charge in [-0.3, -0.25) is 9.27 Å². The third kappa shape index (κ3) is 2.25. The molecule has 1 aromatic carbocycles. The van der Waals surface area contributed by atoms with E-state index < -0.39 is 22.9 Å². The van der Waals surface area contributed by atoms with E-state index in [0.29, 0.717) is 12.1 Å². The SMILES string of the molecule is N#Cc1cc(F)c(F)cc1NS(=O)O. The Kier molecular flexibility index (Phi) is 3.11. The highest BCUT2D eigenvalue weighted by atomic mass is 32.2. The normalized spacial score (nSPS) is 11.9. The molecule has 1 atom stereocenters. The van der Waals surface area contributed by atoms with Gasteiger partial charge in [-0.2, -0.15) is 5.26 Å². The number of halogens is 2. The number of hydrogen-bond donors (Lipinski definition) is 2. The molecule has 1 aromatic rings. The Hall–Kier alpha value is -1.52. The summed E-state index contributed by atoms with van der Waals surface area (Å²) in [6.07, 6.45) is 0. The van der Waals surface area contributed by atoms with Gasteiger partial charge in [0, 0.05) is 6.07 Å². The Morgan fingerprint density at radius 1 is 1.43 bits per heavy atom. The molecule has 74 valence electrons. The summed E-state index contributed by atoms with van der Waals surface area (Å²) < 4.78 is 45.9. The van der Waals surface area contributed by atoms with Crippen molar-refractivity contribution in [3.63, 3.8) is 0 Å². The number of benzene rings is 1. The van der Waals surface area contributed by atoms with Gasteiger partial charge < -0.3 is 0 Å². The molecule has 0 saturated carbocycles. The largest absolute Gasteiger partial charge is 0.289 e. The van der Waals surface area contributed by atoms with Crippen molar-refractivity contribution in [1.29, 1.82) is 5.26 Å². The molecular formula is C7H4F2N2O2S. The Labute approximate surface area is 80.6 Å². The molecule has 0 aliphatic heterocycles. The molecular weight excluding hydrogens is 214 g/mol. The minimum atomic E-state index is -2.43. The lowest BCUT2D eigenvalue weighted by molar-refractivity contribution is 0.508. The lowest BCUT2D eigenvalue weighted by atomic mass is 10.2. The first kappa shape index (κ1) is 10.6. The summed E-state index contributed by atoms with van der Waals surface area (Å²) in [4.78, 5) is 0. The lowest BCUT2D eigenvalue weighted by Gasteiger charge is -2.03. The summed E-state index contributed by atoms with van der Waals surface area (Å²) in [7, 11) is 0. The second-order valence-corrected chi connectivity index (χ2v) is 2.98. The van der Waals surface area contributed by atoms with E-state index in [1.54, 1.807) is 6.07 Å². The average Bonchev–Trinajstić information content (AvgIpc) is 2.10. The van der Waals surface area contributed by atoms with E-state index >= 15 is 0 Å². The molecule has 0 aliphatic carbocycles. The van der Waals surface area contributed by atoms with Crippen LogP contribution >= 0.6 is 0 Å². The highest BCUT2D eigenvalue weighted by Gasteiger charge is 2.10. The fourth-order valence-corrected chi connectivity index (χ4v) is 1.17. The summed E-state index contributed by atoms with van der Waals surface area (Å²) in [6.45, 7) is 0. The first-order chi connectivity index (χ1) is 6.54. The second kappa shape index (κ2) is 4.13. The van der Waals surface area contributed by atoms with Crippen molar-refractivity contribution in [3.05, 3.63) is 29.3 Å². The van der Waals surface area contributed by atoms with Gasteiger partial charge in [-0.05, 0) is 6.07 Å². The van der Waals surface area contributed by atoms with E-state index in [4.69, 9.17) is 9.81 Å². The molecule has 2 N–H and O–H groups in total. The third-order valence-electron chi connectivity index (χ3n) is 1.38. The summed E-state index contributed by atoms with van der Waals surface area (Å²) in [5.41, 5.74) is -0.474. The zero-order valence-electron chi connectivity index (χ0n) is 6.62. The van der Waals surface area contributed by atoms with Crippen molar-refractivity contribution in [3.8, 4) is 6.07 Å². The highest BCUT2D eigenvalue weighted by Crippen LogP contribution is 2.19. The summed E-state index contributed by atoms with van der Waals surface area (Å²) >= 11 is -2.43. The number of nitrogens with one attached hydrogen (secondary N) is 1. The Morgan fingerprint density at radius 2 is 2.00 bits per heavy atom. The van der Waals surface area contributed by atoms with Gasteiger partial charge >= 0.3 is 0 Å². The molecule has 1 unspecified atom stereocenters. The number of nitriles is 1. The third-order valence-corrected chi connectivity index (χ3v) is 1.77. The van der Waals surface area contributed by atoms with Crippen LogP contribution in [0.2, 0.25) is 0 Å². The van der Waals surface area contributed by atoms with Crippen molar-refractivity contribution in [2.75, 3.05) is 4.72 Å². The molecule has 0 bridgehead atoms. The maximum absolute atomic E-state index is 12.6. The minimum Gasteiger partial charge on any atom is -0.289 e. The van der Waals surface area contributed by atoms with Gasteiger partial charge in [0.05, 0.1) is 11.3 Å². The monoisotopic (exact) mass is 218 g/mol. The van der Waals surface area contributed by atoms with Gasteiger partial charge in [0.2, 0.25) is 0 Å². The molecule has 0 aromatic heterocycles. The van der Waals surface area contributed by atoms with Gasteiger partial charge in [0.15, 0.2) is 11.6 Å². The van der Waals surface area contributed by atoms with Crippen LogP contribution in [0.1, 0.15) is 5.56 Å². The van der Waals surface area contributed by atoms with Crippen LogP contribution in [0.4, 0.5) is 14.5 Å². The average molecular weight is 218 g/mol. The number of anilines is 1. The van der Waals surface area contributed by atoms with Crippen LogP contribution in [0.15, 0.2) is 12.1 Å². The van der Waals surface area contributed by atoms with E-state index in [9.17, 15) is 13.0 Å². The summed E-state index contributed by atoms with van der Waals surface area (Å²) in [5, 5.41) is 8.49. The molecule has 4 nitrogen and oxygen atoms in total. The lowest BCUT2D eigenvalue weighted by Crippen LogP contribution is -2.04. The van der Waals surface area contributed by atoms with Crippen LogP contribution in [0.25, 0.3) is 0 Å². The number of hydrogen-bond acceptors (Lipinski definition) is 2. The van der Waals surface area contributed by atoms with Crippen LogP contribution in [0, 0.1) is 23.0 Å². The van der Waals surface area contributed by atoms with Crippen molar-refractivity contribution in [2.45, 2.75) is 0 Å². The molecule has 0 heterocycles. The van der Waals surface area contributed by atoms with Gasteiger partial charge in [0.1, 0.15) is 6.07 Å². The molecule has 0 aliphatic rings. The van der Waals surface area contributed by atoms with E-state index in [-0.39, 0.29) is 11.3 Å². The van der Waals surface area contributed by atoms with E-state index in [0.717, 1.165) is 0 Å². The first-order valence-electron chi connectivity index (χ1n) is 3.31. The minimum absolute atomic E-state index is 0.229. The standard InChI is InChI=1S/C7H4F2N2O2S/c8-5-1-4(3-10)7(2-6(5)9)11-14(12)13/h1-2,11H,(H,12,13). The molecule has 0 spiro atoms. The van der Waals surface area contributed by atoms with Crippen molar-refractivity contribution < 1.29 is 17.5 Å². The Balaban J connectivity index is 3.22. The molecule has 7 heteroatoms. The van der Waals surface area contributed by atoms with Crippen molar-refractivity contribution in [2.24, 2.45) is 0 Å². The van der Waals surface area contributed by atoms with E-state index in [1.807, 2.05) is 4.72 Å². The van der Waals surface area contributed by atoms with Crippen LogP contribution in [-0.4, -0.2) is 8.76 Å². The van der Waals surface area contributed by atoms with Gasteiger partial charge in [0.25, 0.3) is 11.3 Å². The molecule has 0 radical (unpaired) electrons. The topological polar surface area (TPSA) is 73.1 Å². The summed E-state index contributed by atoms with van der Waals surface area (Å²) in [6, 6.07) is 2.84. The Bertz CT molecular complexity index is 430. The van der Waals surface area contributed by atoms with Crippen molar-refractivity contribution >= 4 is 17.0 Å². The highest BCUT2D eigenvalue weighted by molar-refractivity contribution is 7.80. The zero-order chi connectivity index (χ0) is 10.7. The fourth-order valence-electron chi connectivity index (χ4n) is 0.818. The van der Waals surface area contributed by atoms with Gasteiger partial charge in [-0.1, -0.05) is 0 Å². The molecule has 1 rings (SSSR count). The predicted molar refractivity (Wildman–Crippen MR) is 45.5 cm³/mol. The molecule has 0 amide bonds. The van der Waals surface area contributed by atoms with Crippen LogP contribution < -0.4 is 4.72 Å². The van der Waals surface area contributed by atoms with Gasteiger partial charge in [-0.25, -0.2) is 13.0 Å². The molecule has 14 heavy (non-hydrogen) atoms.